The Morgan fingerprint density at radius 1 is 1.40 bits per heavy atom. The number of ether oxygens (including phenoxy) is 1. The lowest BCUT2D eigenvalue weighted by molar-refractivity contribution is -0.128. The average molecular weight is 207 g/mol. The van der Waals surface area contributed by atoms with E-state index >= 15 is 0 Å². The van der Waals surface area contributed by atoms with Crippen molar-refractivity contribution in [2.45, 2.75) is 13.3 Å². The molecule has 0 aliphatic rings. The molecule has 0 heterocycles. The Morgan fingerprint density at radius 3 is 2.60 bits per heavy atom. The normalized spacial score (nSPS) is 9.40. The van der Waals surface area contributed by atoms with Crippen LogP contribution in [0.2, 0.25) is 0 Å². The van der Waals surface area contributed by atoms with E-state index < -0.39 is 0 Å². The molecular weight excluding hydrogens is 194 g/mol. The van der Waals surface area contributed by atoms with Crippen molar-refractivity contribution >= 4 is 18.1 Å². The molecule has 0 saturated carbocycles. The molecule has 0 radical (unpaired) electrons. The van der Waals surface area contributed by atoms with Crippen molar-refractivity contribution in [3.63, 3.8) is 0 Å². The minimum atomic E-state index is -0.0907. The first kappa shape index (κ1) is 11.2. The largest absolute Gasteiger partial charge is 0.468 e. The van der Waals surface area contributed by atoms with Gasteiger partial charge in [0.2, 0.25) is 5.91 Å². The highest BCUT2D eigenvalue weighted by molar-refractivity contribution is 5.88. The first-order chi connectivity index (χ1) is 7.22. The Bertz CT molecular complexity index is 332. The molecule has 1 rings (SSSR count). The molecule has 1 aromatic rings. The molecule has 0 aromatic heterocycles. The minimum absolute atomic E-state index is 0.0907. The zero-order chi connectivity index (χ0) is 11.1. The van der Waals surface area contributed by atoms with Gasteiger partial charge in [-0.05, 0) is 17.7 Å². The number of benzene rings is 1. The van der Waals surface area contributed by atoms with Crippen molar-refractivity contribution in [3.8, 4) is 0 Å². The lowest BCUT2D eigenvalue weighted by Gasteiger charge is -2.03. The topological polar surface area (TPSA) is 55.4 Å². The van der Waals surface area contributed by atoms with Gasteiger partial charge in [0.05, 0.1) is 6.61 Å². The van der Waals surface area contributed by atoms with Crippen LogP contribution in [0.4, 0.5) is 5.69 Å². The van der Waals surface area contributed by atoms with Crippen LogP contribution in [0.5, 0.6) is 0 Å². The van der Waals surface area contributed by atoms with Gasteiger partial charge >= 0.3 is 0 Å². The fourth-order valence-corrected chi connectivity index (χ4v) is 1.18. The van der Waals surface area contributed by atoms with Gasteiger partial charge in [-0.25, -0.2) is 0 Å². The number of hydrogen-bond donors (Lipinski definition) is 1. The van der Waals surface area contributed by atoms with E-state index in [1.165, 1.54) is 6.92 Å². The molecule has 4 nitrogen and oxygen atoms in total. The zero-order valence-corrected chi connectivity index (χ0v) is 8.53. The molecule has 1 amide bonds. The molecule has 0 unspecified atom stereocenters. The third kappa shape index (κ3) is 4.26. The Balaban J connectivity index is 2.48. The van der Waals surface area contributed by atoms with Crippen LogP contribution >= 0.6 is 0 Å². The molecule has 4 heteroatoms. The summed E-state index contributed by atoms with van der Waals surface area (Å²) in [4.78, 5) is 20.6. The highest BCUT2D eigenvalue weighted by Gasteiger charge is 1.96. The summed E-state index contributed by atoms with van der Waals surface area (Å²) in [6, 6.07) is 7.41. The first-order valence-electron chi connectivity index (χ1n) is 4.64. The van der Waals surface area contributed by atoms with Crippen LogP contribution in [0.1, 0.15) is 12.5 Å². The maximum Gasteiger partial charge on any atom is 0.293 e. The molecule has 0 bridgehead atoms. The predicted molar refractivity (Wildman–Crippen MR) is 56.5 cm³/mol. The van der Waals surface area contributed by atoms with Crippen LogP contribution in [-0.4, -0.2) is 19.0 Å². The molecule has 80 valence electrons. The summed E-state index contributed by atoms with van der Waals surface area (Å²) in [5, 5.41) is 2.67. The van der Waals surface area contributed by atoms with E-state index in [2.05, 4.69) is 10.1 Å². The second kappa shape index (κ2) is 5.80. The fourth-order valence-electron chi connectivity index (χ4n) is 1.18. The number of carbonyl (C=O) groups is 2. The number of anilines is 1. The monoisotopic (exact) mass is 207 g/mol. The molecule has 0 saturated heterocycles. The first-order valence-corrected chi connectivity index (χ1v) is 4.64. The maximum absolute atomic E-state index is 10.7. The second-order valence-corrected chi connectivity index (χ2v) is 3.10. The van der Waals surface area contributed by atoms with Gasteiger partial charge in [-0.3, -0.25) is 9.59 Å². The number of hydrogen-bond acceptors (Lipinski definition) is 3. The summed E-state index contributed by atoms with van der Waals surface area (Å²) < 4.78 is 4.58. The van der Waals surface area contributed by atoms with Crippen molar-refractivity contribution < 1.29 is 14.3 Å². The van der Waals surface area contributed by atoms with Gasteiger partial charge < -0.3 is 10.1 Å². The summed E-state index contributed by atoms with van der Waals surface area (Å²) in [5.74, 6) is -0.0907. The molecular formula is C11H13NO3. The van der Waals surface area contributed by atoms with Crippen molar-refractivity contribution in [2.24, 2.45) is 0 Å². The number of amides is 1. The van der Waals surface area contributed by atoms with Crippen molar-refractivity contribution in [2.75, 3.05) is 11.9 Å². The highest BCUT2D eigenvalue weighted by Crippen LogP contribution is 2.09. The van der Waals surface area contributed by atoms with Gasteiger partial charge in [0.1, 0.15) is 0 Å². The lowest BCUT2D eigenvalue weighted by atomic mass is 10.1. The maximum atomic E-state index is 10.7. The van der Waals surface area contributed by atoms with Crippen molar-refractivity contribution in [1.29, 1.82) is 0 Å². The Labute approximate surface area is 88.2 Å². The molecule has 0 spiro atoms. The SMILES string of the molecule is CC(=O)Nc1ccc(CCOC=O)cc1. The van der Waals surface area contributed by atoms with Gasteiger partial charge in [0.25, 0.3) is 6.47 Å². The van der Waals surface area contributed by atoms with Crippen LogP contribution < -0.4 is 5.32 Å². The summed E-state index contributed by atoms with van der Waals surface area (Å²) in [6.07, 6.45) is 0.680. The lowest BCUT2D eigenvalue weighted by Crippen LogP contribution is -2.05. The smallest absolute Gasteiger partial charge is 0.293 e. The van der Waals surface area contributed by atoms with E-state index in [9.17, 15) is 9.59 Å². The van der Waals surface area contributed by atoms with Crippen molar-refractivity contribution in [3.05, 3.63) is 29.8 Å². The Hall–Kier alpha value is -1.84. The fraction of sp³-hybridized carbons (Fsp3) is 0.273. The summed E-state index contributed by atoms with van der Waals surface area (Å²) in [5.41, 5.74) is 1.83. The third-order valence-electron chi connectivity index (χ3n) is 1.85. The third-order valence-corrected chi connectivity index (χ3v) is 1.85. The molecule has 0 aliphatic heterocycles. The Kier molecular flexibility index (Phi) is 4.34. The second-order valence-electron chi connectivity index (χ2n) is 3.10. The van der Waals surface area contributed by atoms with E-state index in [0.717, 1.165) is 11.3 Å². The van der Waals surface area contributed by atoms with Gasteiger partial charge in [0, 0.05) is 19.0 Å². The molecule has 1 N–H and O–H groups in total. The molecule has 15 heavy (non-hydrogen) atoms. The summed E-state index contributed by atoms with van der Waals surface area (Å²) in [7, 11) is 0. The van der Waals surface area contributed by atoms with Gasteiger partial charge in [-0.1, -0.05) is 12.1 Å². The molecule has 0 aliphatic carbocycles. The van der Waals surface area contributed by atoms with E-state index in [1.807, 2.05) is 24.3 Å². The predicted octanol–water partition coefficient (Wildman–Crippen LogP) is 1.36. The zero-order valence-electron chi connectivity index (χ0n) is 8.53. The highest BCUT2D eigenvalue weighted by atomic mass is 16.5. The standard InChI is InChI=1S/C11H13NO3/c1-9(14)12-11-4-2-10(3-5-11)6-7-15-8-13/h2-5,8H,6-7H2,1H3,(H,12,14). The van der Waals surface area contributed by atoms with Gasteiger partial charge in [0.15, 0.2) is 0 Å². The molecule has 0 atom stereocenters. The van der Waals surface area contributed by atoms with E-state index in [1.54, 1.807) is 0 Å². The molecule has 1 aromatic carbocycles. The number of rotatable bonds is 5. The van der Waals surface area contributed by atoms with Crippen LogP contribution in [0, 0.1) is 0 Å². The van der Waals surface area contributed by atoms with Crippen LogP contribution in [0.3, 0.4) is 0 Å². The summed E-state index contributed by atoms with van der Waals surface area (Å²) >= 11 is 0. The number of nitrogens with one attached hydrogen (secondary N) is 1. The Morgan fingerprint density at radius 2 is 2.07 bits per heavy atom. The van der Waals surface area contributed by atoms with Crippen LogP contribution in [0.25, 0.3) is 0 Å². The van der Waals surface area contributed by atoms with E-state index in [-0.39, 0.29) is 5.91 Å². The van der Waals surface area contributed by atoms with Gasteiger partial charge in [-0.2, -0.15) is 0 Å². The van der Waals surface area contributed by atoms with Gasteiger partial charge in [-0.15, -0.1) is 0 Å². The molecule has 0 fully saturated rings. The van der Waals surface area contributed by atoms with Crippen LogP contribution in [0.15, 0.2) is 24.3 Å². The minimum Gasteiger partial charge on any atom is -0.468 e. The van der Waals surface area contributed by atoms with Crippen LogP contribution in [-0.2, 0) is 20.7 Å². The van der Waals surface area contributed by atoms with E-state index in [0.29, 0.717) is 19.5 Å². The van der Waals surface area contributed by atoms with Crippen molar-refractivity contribution in [1.82, 2.24) is 0 Å². The quantitative estimate of drug-likeness (QED) is 0.586. The summed E-state index contributed by atoms with van der Waals surface area (Å²) in [6.45, 7) is 2.28. The average Bonchev–Trinajstić information content (AvgIpc) is 2.20. The van der Waals surface area contributed by atoms with E-state index in [4.69, 9.17) is 0 Å². The number of carbonyl (C=O) groups excluding carboxylic acids is 2.